The summed E-state index contributed by atoms with van der Waals surface area (Å²) in [5, 5.41) is -2.45. The van der Waals surface area contributed by atoms with Gasteiger partial charge in [-0.15, -0.1) is 0 Å². The van der Waals surface area contributed by atoms with Gasteiger partial charge in [0.05, 0.1) is 30.1 Å². The molecule has 33 heavy (non-hydrogen) atoms. The van der Waals surface area contributed by atoms with E-state index in [1.807, 2.05) is 0 Å². The number of hydrogen-bond donors (Lipinski definition) is 0. The van der Waals surface area contributed by atoms with Gasteiger partial charge in [0.15, 0.2) is 11.5 Å². The number of benzene rings is 3. The fourth-order valence-electron chi connectivity index (χ4n) is 2.22. The van der Waals surface area contributed by atoms with Crippen molar-refractivity contribution in [2.45, 2.75) is 0 Å². The van der Waals surface area contributed by atoms with Gasteiger partial charge in [-0.25, -0.2) is 0 Å². The maximum absolute atomic E-state index is 13.8. The fraction of sp³-hybridized carbons (Fsp3) is 0. The average Bonchev–Trinajstić information content (AvgIpc) is 2.80. The maximum Gasteiger partial charge on any atom is 0.647 e. The van der Waals surface area contributed by atoms with Crippen LogP contribution in [0.5, 0.6) is 17.2 Å². The Kier molecular flexibility index (Phi) is 9.32. The Bertz CT molecular complexity index is 1150. The van der Waals surface area contributed by atoms with Gasteiger partial charge in [0.1, 0.15) is 25.8 Å². The summed E-state index contributed by atoms with van der Waals surface area (Å²) in [4.78, 5) is 0. The van der Waals surface area contributed by atoms with Crippen molar-refractivity contribution in [3.63, 3.8) is 0 Å². The quantitative estimate of drug-likeness (QED) is 0.149. The van der Waals surface area contributed by atoms with E-state index in [-0.39, 0.29) is 56.0 Å². The molecule has 0 radical (unpaired) electrons. The Balaban J connectivity index is 2.18. The van der Waals surface area contributed by atoms with E-state index in [9.17, 15) is 4.57 Å². The van der Waals surface area contributed by atoms with E-state index in [1.54, 1.807) is 18.2 Å². The number of phosphoric ester groups is 1. The zero-order valence-corrected chi connectivity index (χ0v) is 23.7. The Morgan fingerprint density at radius 1 is 0.455 bits per heavy atom. The third-order valence-corrected chi connectivity index (χ3v) is 9.44. The van der Waals surface area contributed by atoms with E-state index in [0.29, 0.717) is 0 Å². The van der Waals surface area contributed by atoms with Crippen molar-refractivity contribution in [2.24, 2.45) is 0 Å². The lowest BCUT2D eigenvalue weighted by atomic mass is 10.3. The minimum Gasteiger partial charge on any atom is -0.386 e. The normalized spacial score (nSPS) is 11.5. The second-order valence-corrected chi connectivity index (χ2v) is 11.1. The molecular formula is C18H5Cl10O4P. The van der Waals surface area contributed by atoms with Gasteiger partial charge < -0.3 is 13.6 Å². The van der Waals surface area contributed by atoms with E-state index in [1.165, 1.54) is 12.1 Å². The molecule has 0 heterocycles. The lowest BCUT2D eigenvalue weighted by Gasteiger charge is -2.23. The van der Waals surface area contributed by atoms with Crippen molar-refractivity contribution >= 4 is 124 Å². The van der Waals surface area contributed by atoms with Crippen molar-refractivity contribution in [1.29, 1.82) is 0 Å². The van der Waals surface area contributed by atoms with Crippen molar-refractivity contribution in [1.82, 2.24) is 0 Å². The molecule has 3 aromatic rings. The molecule has 3 aromatic carbocycles. The van der Waals surface area contributed by atoms with Crippen LogP contribution in [0.4, 0.5) is 0 Å². The van der Waals surface area contributed by atoms with E-state index in [0.717, 1.165) is 0 Å². The molecule has 15 heteroatoms. The van der Waals surface area contributed by atoms with Crippen LogP contribution in [0.1, 0.15) is 0 Å². The molecule has 0 saturated carbocycles. The van der Waals surface area contributed by atoms with Crippen LogP contribution in [0.15, 0.2) is 30.3 Å². The number of hydrogen-bond acceptors (Lipinski definition) is 4. The van der Waals surface area contributed by atoms with Crippen molar-refractivity contribution in [2.75, 3.05) is 0 Å². The van der Waals surface area contributed by atoms with Crippen molar-refractivity contribution < 1.29 is 18.1 Å². The van der Waals surface area contributed by atoms with Gasteiger partial charge in [-0.05, 0) is 12.1 Å². The van der Waals surface area contributed by atoms with Gasteiger partial charge in [0.25, 0.3) is 0 Å². The molecule has 0 N–H and O–H groups in total. The minimum atomic E-state index is -4.76. The second kappa shape index (κ2) is 11.1. The Labute approximate surface area is 237 Å². The largest absolute Gasteiger partial charge is 0.647 e. The summed E-state index contributed by atoms with van der Waals surface area (Å²) >= 11 is 61.0. The Morgan fingerprint density at radius 2 is 0.758 bits per heavy atom. The summed E-state index contributed by atoms with van der Waals surface area (Å²) in [6.07, 6.45) is 0. The molecule has 176 valence electrons. The maximum atomic E-state index is 13.8. The Hall–Kier alpha value is 0.190. The average molecular weight is 671 g/mol. The highest BCUT2D eigenvalue weighted by molar-refractivity contribution is 7.49. The zero-order valence-electron chi connectivity index (χ0n) is 15.2. The molecule has 0 atom stereocenters. The summed E-state index contributed by atoms with van der Waals surface area (Å²) in [6, 6.07) is 7.83. The summed E-state index contributed by atoms with van der Waals surface area (Å²) in [5.74, 6) is -0.830. The monoisotopic (exact) mass is 666 g/mol. The number of halogens is 10. The van der Waals surface area contributed by atoms with Crippen LogP contribution in [0, 0.1) is 0 Å². The molecule has 0 bridgehead atoms. The lowest BCUT2D eigenvalue weighted by Crippen LogP contribution is -2.09. The number of phosphoric acid groups is 1. The van der Waals surface area contributed by atoms with Gasteiger partial charge >= 0.3 is 7.82 Å². The highest BCUT2D eigenvalue weighted by Gasteiger charge is 2.39. The SMILES string of the molecule is O=P(Oc1ccccc1)(Oc1c(Cl)c(Cl)c(Cl)c(Cl)c1Cl)Oc1c(Cl)c(Cl)c(Cl)c(Cl)c1Cl. The van der Waals surface area contributed by atoms with Gasteiger partial charge in [-0.3, -0.25) is 0 Å². The smallest absolute Gasteiger partial charge is 0.386 e. The van der Waals surface area contributed by atoms with Gasteiger partial charge in [-0.1, -0.05) is 134 Å². The Morgan fingerprint density at radius 3 is 1.09 bits per heavy atom. The van der Waals surface area contributed by atoms with Crippen molar-refractivity contribution in [3.8, 4) is 17.2 Å². The number of rotatable bonds is 6. The van der Waals surface area contributed by atoms with Crippen LogP contribution in [0.25, 0.3) is 0 Å². The highest BCUT2D eigenvalue weighted by atomic mass is 35.5. The standard InChI is InChI=1S/C18H5Cl10O4P/c19-7-9(21)13(25)17(14(26)10(7)22)31-33(29,30-6-4-2-1-3-5-6)32-18-15(27)11(23)8(20)12(24)16(18)28/h1-5H. The second-order valence-electron chi connectivity index (χ2n) is 5.83. The third kappa shape index (κ3) is 5.79. The van der Waals surface area contributed by atoms with Gasteiger partial charge in [0, 0.05) is 0 Å². The highest BCUT2D eigenvalue weighted by Crippen LogP contribution is 2.59. The summed E-state index contributed by atoms with van der Waals surface area (Å²) < 4.78 is 30.3. The van der Waals surface area contributed by atoms with E-state index in [2.05, 4.69) is 0 Å². The third-order valence-electron chi connectivity index (χ3n) is 3.71. The van der Waals surface area contributed by atoms with Crippen molar-refractivity contribution in [3.05, 3.63) is 80.6 Å². The summed E-state index contributed by atoms with van der Waals surface area (Å²) in [5.41, 5.74) is 0. The first-order valence-electron chi connectivity index (χ1n) is 8.14. The molecule has 0 amide bonds. The molecule has 4 nitrogen and oxygen atoms in total. The minimum absolute atomic E-state index is 0.0673. The molecule has 0 fully saturated rings. The zero-order chi connectivity index (χ0) is 24.7. The molecule has 0 spiro atoms. The molecule has 3 rings (SSSR count). The molecule has 0 saturated heterocycles. The predicted octanol–water partition coefficient (Wildman–Crippen LogP) is 11.9. The molecule has 0 aliphatic heterocycles. The van der Waals surface area contributed by atoms with Gasteiger partial charge in [0.2, 0.25) is 0 Å². The first-order chi connectivity index (χ1) is 15.4. The molecule has 0 aliphatic rings. The van der Waals surface area contributed by atoms with Crippen LogP contribution >= 0.6 is 124 Å². The van der Waals surface area contributed by atoms with Crippen LogP contribution in [0.2, 0.25) is 50.2 Å². The van der Waals surface area contributed by atoms with Gasteiger partial charge in [-0.2, -0.15) is 4.57 Å². The lowest BCUT2D eigenvalue weighted by molar-refractivity contribution is 0.298. The van der Waals surface area contributed by atoms with E-state index < -0.39 is 19.3 Å². The topological polar surface area (TPSA) is 44.8 Å². The van der Waals surface area contributed by atoms with Crippen LogP contribution < -0.4 is 13.6 Å². The molecule has 0 unspecified atom stereocenters. The van der Waals surface area contributed by atoms with E-state index >= 15 is 0 Å². The fourth-order valence-corrected chi connectivity index (χ4v) is 6.14. The predicted molar refractivity (Wildman–Crippen MR) is 139 cm³/mol. The summed E-state index contributed by atoms with van der Waals surface area (Å²) in [6.45, 7) is 0. The first kappa shape index (κ1) is 27.8. The van der Waals surface area contributed by atoms with Crippen LogP contribution in [-0.4, -0.2) is 0 Å². The first-order valence-corrected chi connectivity index (χ1v) is 13.4. The molecule has 0 aromatic heterocycles. The molecule has 0 aliphatic carbocycles. The van der Waals surface area contributed by atoms with Crippen LogP contribution in [0.3, 0.4) is 0 Å². The molecular weight excluding hydrogens is 666 g/mol. The summed E-state index contributed by atoms with van der Waals surface area (Å²) in [7, 11) is -4.76. The number of para-hydroxylation sites is 1. The van der Waals surface area contributed by atoms with E-state index in [4.69, 9.17) is 130 Å². The van der Waals surface area contributed by atoms with Crippen LogP contribution in [-0.2, 0) is 4.57 Å².